The fourth-order valence-electron chi connectivity index (χ4n) is 2.64. The van der Waals surface area contributed by atoms with Gasteiger partial charge in [-0.1, -0.05) is 12.1 Å². The van der Waals surface area contributed by atoms with Gasteiger partial charge in [-0.2, -0.15) is 5.10 Å². The van der Waals surface area contributed by atoms with E-state index >= 15 is 0 Å². The molecule has 0 radical (unpaired) electrons. The highest BCUT2D eigenvalue weighted by Crippen LogP contribution is 2.13. The van der Waals surface area contributed by atoms with Crippen LogP contribution in [0.15, 0.2) is 66.2 Å². The molecule has 0 fully saturated rings. The first-order valence-corrected chi connectivity index (χ1v) is 9.52. The lowest BCUT2D eigenvalue weighted by atomic mass is 10.2. The second-order valence-electron chi connectivity index (χ2n) is 6.46. The zero-order chi connectivity index (χ0) is 20.5. The Bertz CT molecular complexity index is 900. The van der Waals surface area contributed by atoms with Crippen LogP contribution in [-0.2, 0) is 6.54 Å². The molecule has 3 aromatic rings. The number of rotatable bonds is 8. The molecular weight excluding hydrogens is 498 g/mol. The Morgan fingerprint density at radius 3 is 2.50 bits per heavy atom. The summed E-state index contributed by atoms with van der Waals surface area (Å²) in [6.07, 6.45) is 3.06. The van der Waals surface area contributed by atoms with Crippen molar-refractivity contribution < 1.29 is 9.13 Å². The molecule has 30 heavy (non-hydrogen) atoms. The van der Waals surface area contributed by atoms with Crippen molar-refractivity contribution in [3.05, 3.63) is 72.6 Å². The van der Waals surface area contributed by atoms with Crippen LogP contribution in [0.25, 0.3) is 5.69 Å². The lowest BCUT2D eigenvalue weighted by Crippen LogP contribution is -2.41. The van der Waals surface area contributed by atoms with E-state index in [2.05, 4.69) is 25.7 Å². The molecule has 0 aliphatic rings. The van der Waals surface area contributed by atoms with Gasteiger partial charge in [0.05, 0.1) is 18.8 Å². The van der Waals surface area contributed by atoms with E-state index in [9.17, 15) is 4.39 Å². The highest BCUT2D eigenvalue weighted by molar-refractivity contribution is 14.0. The van der Waals surface area contributed by atoms with Crippen molar-refractivity contribution in [3.8, 4) is 11.4 Å². The molecular formula is C21H26FIN6O. The van der Waals surface area contributed by atoms with Crippen molar-refractivity contribution in [2.75, 3.05) is 13.1 Å². The van der Waals surface area contributed by atoms with Gasteiger partial charge >= 0.3 is 0 Å². The largest absolute Gasteiger partial charge is 0.489 e. The molecule has 0 saturated heterocycles. The summed E-state index contributed by atoms with van der Waals surface area (Å²) in [4.78, 5) is 8.57. The number of nitrogens with one attached hydrogen (secondary N) is 2. The van der Waals surface area contributed by atoms with Gasteiger partial charge in [0.1, 0.15) is 30.3 Å². The summed E-state index contributed by atoms with van der Waals surface area (Å²) in [7, 11) is 0. The van der Waals surface area contributed by atoms with E-state index in [1.807, 2.05) is 38.1 Å². The quantitative estimate of drug-likeness (QED) is 0.268. The fraction of sp³-hybridized carbons (Fsp3) is 0.286. The molecule has 0 amide bonds. The van der Waals surface area contributed by atoms with Crippen LogP contribution in [0.5, 0.6) is 5.75 Å². The average molecular weight is 524 g/mol. The summed E-state index contributed by atoms with van der Waals surface area (Å²) >= 11 is 0. The predicted molar refractivity (Wildman–Crippen MR) is 126 cm³/mol. The molecule has 0 spiro atoms. The number of hydrogen-bond donors (Lipinski definition) is 2. The van der Waals surface area contributed by atoms with Crippen LogP contribution in [0.3, 0.4) is 0 Å². The van der Waals surface area contributed by atoms with Crippen molar-refractivity contribution in [1.29, 1.82) is 0 Å². The van der Waals surface area contributed by atoms with E-state index in [1.54, 1.807) is 23.1 Å². The first-order valence-electron chi connectivity index (χ1n) is 9.52. The zero-order valence-corrected chi connectivity index (χ0v) is 19.3. The van der Waals surface area contributed by atoms with Crippen molar-refractivity contribution >= 4 is 29.9 Å². The van der Waals surface area contributed by atoms with Gasteiger partial charge in [-0.25, -0.2) is 19.0 Å². The Balaban J connectivity index is 0.00000320. The molecule has 0 saturated carbocycles. The molecule has 1 aromatic heterocycles. The summed E-state index contributed by atoms with van der Waals surface area (Å²) in [5.41, 5.74) is 2.04. The molecule has 3 rings (SSSR count). The number of aliphatic imine (C=N–C) groups is 1. The Kier molecular flexibility index (Phi) is 9.52. The number of guanidine groups is 1. The molecule has 0 aliphatic heterocycles. The van der Waals surface area contributed by atoms with Gasteiger partial charge in [-0.05, 0) is 55.8 Å². The Morgan fingerprint density at radius 1 is 1.13 bits per heavy atom. The number of halogens is 2. The predicted octanol–water partition coefficient (Wildman–Crippen LogP) is 3.55. The van der Waals surface area contributed by atoms with Gasteiger partial charge < -0.3 is 15.4 Å². The van der Waals surface area contributed by atoms with Crippen LogP contribution in [-0.4, -0.2) is 39.9 Å². The lowest BCUT2D eigenvalue weighted by molar-refractivity contribution is 0.223. The number of benzene rings is 2. The Labute approximate surface area is 192 Å². The minimum absolute atomic E-state index is 0. The molecule has 9 heteroatoms. The summed E-state index contributed by atoms with van der Waals surface area (Å²) in [6.45, 7) is 5.82. The molecule has 2 aromatic carbocycles. The van der Waals surface area contributed by atoms with E-state index in [-0.39, 0.29) is 35.9 Å². The topological polar surface area (TPSA) is 76.4 Å². The first kappa shape index (κ1) is 23.6. The normalized spacial score (nSPS) is 12.0. The van der Waals surface area contributed by atoms with Crippen molar-refractivity contribution in [1.82, 2.24) is 25.4 Å². The van der Waals surface area contributed by atoms with Gasteiger partial charge in [0.2, 0.25) is 0 Å². The van der Waals surface area contributed by atoms with Gasteiger partial charge in [0.25, 0.3) is 0 Å². The number of hydrogen-bond acceptors (Lipinski definition) is 4. The monoisotopic (exact) mass is 524 g/mol. The Morgan fingerprint density at radius 2 is 1.87 bits per heavy atom. The highest BCUT2D eigenvalue weighted by atomic mass is 127. The lowest BCUT2D eigenvalue weighted by Gasteiger charge is -2.17. The Hall–Kier alpha value is -2.69. The standard InChI is InChI=1S/C21H25FN6O.HI/c1-3-24-21(25-12-16(2)29-20-10-6-18(22)7-11-20)26-13-17-4-8-19(9-5-17)28-15-23-14-27-28;/h4-11,14-16H,3,12-13H2,1-2H3,(H2,24,25,26);1H. The summed E-state index contributed by atoms with van der Waals surface area (Å²) in [6, 6.07) is 14.0. The average Bonchev–Trinajstić information content (AvgIpc) is 3.27. The van der Waals surface area contributed by atoms with Gasteiger partial charge in [-0.3, -0.25) is 0 Å². The van der Waals surface area contributed by atoms with E-state index in [4.69, 9.17) is 4.74 Å². The van der Waals surface area contributed by atoms with E-state index in [0.717, 1.165) is 17.8 Å². The number of aromatic nitrogens is 3. The third-order valence-corrected chi connectivity index (χ3v) is 4.09. The van der Waals surface area contributed by atoms with Crippen molar-refractivity contribution in [2.24, 2.45) is 4.99 Å². The maximum Gasteiger partial charge on any atom is 0.191 e. The molecule has 1 atom stereocenters. The molecule has 160 valence electrons. The highest BCUT2D eigenvalue weighted by Gasteiger charge is 2.06. The van der Waals surface area contributed by atoms with Gasteiger partial charge in [0.15, 0.2) is 5.96 Å². The smallest absolute Gasteiger partial charge is 0.191 e. The van der Waals surface area contributed by atoms with Crippen LogP contribution in [0.2, 0.25) is 0 Å². The van der Waals surface area contributed by atoms with E-state index in [1.165, 1.54) is 18.5 Å². The van der Waals surface area contributed by atoms with Crippen LogP contribution in [0.1, 0.15) is 19.4 Å². The van der Waals surface area contributed by atoms with Crippen LogP contribution in [0.4, 0.5) is 4.39 Å². The summed E-state index contributed by atoms with van der Waals surface area (Å²) < 4.78 is 20.5. The minimum atomic E-state index is -0.279. The second-order valence-corrected chi connectivity index (χ2v) is 6.46. The van der Waals surface area contributed by atoms with E-state index in [0.29, 0.717) is 24.8 Å². The second kappa shape index (κ2) is 12.1. The van der Waals surface area contributed by atoms with Crippen LogP contribution >= 0.6 is 24.0 Å². The molecule has 0 aliphatic carbocycles. The maximum absolute atomic E-state index is 13.0. The number of ether oxygens (including phenoxy) is 1. The number of nitrogens with zero attached hydrogens (tertiary/aromatic N) is 4. The van der Waals surface area contributed by atoms with Gasteiger partial charge in [-0.15, -0.1) is 24.0 Å². The molecule has 2 N–H and O–H groups in total. The first-order chi connectivity index (χ1) is 14.1. The third-order valence-electron chi connectivity index (χ3n) is 4.09. The molecule has 1 heterocycles. The molecule has 7 nitrogen and oxygen atoms in total. The maximum atomic E-state index is 13.0. The minimum Gasteiger partial charge on any atom is -0.489 e. The SMILES string of the molecule is CCNC(=NCc1ccc(-n2cncn2)cc1)NCC(C)Oc1ccc(F)cc1.I. The molecule has 0 bridgehead atoms. The zero-order valence-electron chi connectivity index (χ0n) is 17.0. The summed E-state index contributed by atoms with van der Waals surface area (Å²) in [5, 5.41) is 10.6. The van der Waals surface area contributed by atoms with Crippen molar-refractivity contribution in [3.63, 3.8) is 0 Å². The fourth-order valence-corrected chi connectivity index (χ4v) is 2.64. The van der Waals surface area contributed by atoms with Crippen molar-refractivity contribution in [2.45, 2.75) is 26.5 Å². The van der Waals surface area contributed by atoms with Crippen LogP contribution in [0, 0.1) is 5.82 Å². The third kappa shape index (κ3) is 7.29. The summed E-state index contributed by atoms with van der Waals surface area (Å²) in [5.74, 6) is 1.07. The van der Waals surface area contributed by atoms with E-state index < -0.39 is 0 Å². The molecule has 1 unspecified atom stereocenters. The van der Waals surface area contributed by atoms with Crippen LogP contribution < -0.4 is 15.4 Å². The van der Waals surface area contributed by atoms with Gasteiger partial charge in [0, 0.05) is 6.54 Å².